The number of terminal acetylenes is 1. The second kappa shape index (κ2) is 15.7. The standard InChI is InChI=1S/C24H32N2O3.C2H2.2CH4/c1-19(16-20-17-22(27-2)24(29-4)23(18-20)28-3)26(21-10-6-5-7-11-21)15-14-25-12-8-9-13-25;1-2;;/h5-7,10-11,17-18H,1,8-9,12-16H2,2-4H3;1-2H;2*1H4. The van der Waals surface area contributed by atoms with Crippen molar-refractivity contribution in [2.45, 2.75) is 34.1 Å². The van der Waals surface area contributed by atoms with Gasteiger partial charge in [0.2, 0.25) is 5.75 Å². The van der Waals surface area contributed by atoms with Crippen molar-refractivity contribution >= 4 is 5.69 Å². The van der Waals surface area contributed by atoms with Crippen LogP contribution in [-0.4, -0.2) is 52.4 Å². The van der Waals surface area contributed by atoms with E-state index in [2.05, 4.69) is 53.5 Å². The van der Waals surface area contributed by atoms with Gasteiger partial charge in [0.1, 0.15) is 0 Å². The zero-order valence-corrected chi connectivity index (χ0v) is 19.0. The molecule has 1 fully saturated rings. The highest BCUT2D eigenvalue weighted by Crippen LogP contribution is 2.39. The lowest BCUT2D eigenvalue weighted by Gasteiger charge is -2.29. The summed E-state index contributed by atoms with van der Waals surface area (Å²) in [6, 6.07) is 14.5. The normalized spacial score (nSPS) is 12.3. The lowest BCUT2D eigenvalue weighted by atomic mass is 10.1. The molecule has 1 saturated heterocycles. The van der Waals surface area contributed by atoms with Crippen molar-refractivity contribution in [1.82, 2.24) is 4.90 Å². The maximum Gasteiger partial charge on any atom is 0.203 e. The predicted octanol–water partition coefficient (Wildman–Crippen LogP) is 5.89. The Bertz CT molecular complexity index is 818. The van der Waals surface area contributed by atoms with Crippen molar-refractivity contribution in [1.29, 1.82) is 0 Å². The van der Waals surface area contributed by atoms with Crippen LogP contribution in [0.2, 0.25) is 0 Å². The fourth-order valence-corrected chi connectivity index (χ4v) is 3.89. The van der Waals surface area contributed by atoms with Gasteiger partial charge in [0, 0.05) is 30.9 Å². The molecule has 2 aromatic carbocycles. The quantitative estimate of drug-likeness (QED) is 0.418. The van der Waals surface area contributed by atoms with Crippen LogP contribution in [0.15, 0.2) is 54.7 Å². The van der Waals surface area contributed by atoms with E-state index < -0.39 is 0 Å². The molecule has 0 spiro atoms. The van der Waals surface area contributed by atoms with Gasteiger partial charge in [-0.15, -0.1) is 12.8 Å². The molecule has 1 heterocycles. The number of anilines is 1. The number of para-hydroxylation sites is 1. The van der Waals surface area contributed by atoms with Crippen molar-refractivity contribution in [2.24, 2.45) is 0 Å². The first-order valence-corrected chi connectivity index (χ1v) is 10.5. The van der Waals surface area contributed by atoms with E-state index in [-0.39, 0.29) is 14.9 Å². The first-order chi connectivity index (χ1) is 15.2. The fraction of sp³-hybridized carbons (Fsp3) is 0.429. The minimum atomic E-state index is 0. The smallest absolute Gasteiger partial charge is 0.203 e. The SMILES string of the molecule is C.C.C#C.C=C(Cc1cc(OC)c(OC)c(OC)c1)N(CCN1CCCC1)c1ccccc1. The summed E-state index contributed by atoms with van der Waals surface area (Å²) < 4.78 is 16.5. The first kappa shape index (κ1) is 29.9. The van der Waals surface area contributed by atoms with Gasteiger partial charge in [-0.2, -0.15) is 0 Å². The maximum atomic E-state index is 5.51. The van der Waals surface area contributed by atoms with E-state index in [4.69, 9.17) is 14.2 Å². The molecule has 0 N–H and O–H groups in total. The molecular formula is C28H42N2O3. The Kier molecular flexibility index (Phi) is 14.2. The molecule has 2 aromatic rings. The molecule has 0 atom stereocenters. The highest BCUT2D eigenvalue weighted by atomic mass is 16.5. The maximum absolute atomic E-state index is 5.51. The van der Waals surface area contributed by atoms with E-state index in [1.807, 2.05) is 18.2 Å². The van der Waals surface area contributed by atoms with E-state index in [0.717, 1.165) is 24.4 Å². The molecular weight excluding hydrogens is 412 g/mol. The molecule has 0 aromatic heterocycles. The number of ether oxygens (including phenoxy) is 3. The number of rotatable bonds is 10. The summed E-state index contributed by atoms with van der Waals surface area (Å²) in [5, 5.41) is 0. The topological polar surface area (TPSA) is 34.2 Å². The molecule has 182 valence electrons. The van der Waals surface area contributed by atoms with Crippen LogP contribution in [0.1, 0.15) is 33.3 Å². The van der Waals surface area contributed by atoms with Gasteiger partial charge in [0.05, 0.1) is 21.3 Å². The number of likely N-dealkylation sites (tertiary alicyclic amines) is 1. The zero-order chi connectivity index (χ0) is 22.6. The summed E-state index contributed by atoms with van der Waals surface area (Å²) in [4.78, 5) is 4.85. The average Bonchev–Trinajstić information content (AvgIpc) is 3.34. The molecule has 1 aliphatic rings. The number of nitrogens with zero attached hydrogens (tertiary/aromatic N) is 2. The van der Waals surface area contributed by atoms with Crippen molar-refractivity contribution in [3.8, 4) is 30.1 Å². The molecule has 0 radical (unpaired) electrons. The van der Waals surface area contributed by atoms with Crippen LogP contribution >= 0.6 is 0 Å². The van der Waals surface area contributed by atoms with Gasteiger partial charge < -0.3 is 24.0 Å². The third-order valence-corrected chi connectivity index (χ3v) is 5.42. The minimum absolute atomic E-state index is 0. The van der Waals surface area contributed by atoms with Gasteiger partial charge >= 0.3 is 0 Å². The second-order valence-corrected chi connectivity index (χ2v) is 7.31. The predicted molar refractivity (Wildman–Crippen MR) is 142 cm³/mol. The summed E-state index contributed by atoms with van der Waals surface area (Å²) in [5.41, 5.74) is 3.29. The third kappa shape index (κ3) is 8.07. The largest absolute Gasteiger partial charge is 0.493 e. The summed E-state index contributed by atoms with van der Waals surface area (Å²) >= 11 is 0. The molecule has 5 nitrogen and oxygen atoms in total. The van der Waals surface area contributed by atoms with Gasteiger partial charge in [-0.05, 0) is 55.8 Å². The fourth-order valence-electron chi connectivity index (χ4n) is 3.89. The van der Waals surface area contributed by atoms with E-state index in [9.17, 15) is 0 Å². The summed E-state index contributed by atoms with van der Waals surface area (Å²) in [7, 11) is 4.90. The monoisotopic (exact) mass is 454 g/mol. The minimum Gasteiger partial charge on any atom is -0.493 e. The van der Waals surface area contributed by atoms with E-state index in [1.165, 1.54) is 31.6 Å². The van der Waals surface area contributed by atoms with Crippen molar-refractivity contribution in [2.75, 3.05) is 52.4 Å². The highest BCUT2D eigenvalue weighted by Gasteiger charge is 2.18. The Morgan fingerprint density at radius 1 is 0.939 bits per heavy atom. The Labute approximate surface area is 202 Å². The van der Waals surface area contributed by atoms with Gasteiger partial charge in [-0.25, -0.2) is 0 Å². The van der Waals surface area contributed by atoms with Gasteiger partial charge in [0.25, 0.3) is 0 Å². The van der Waals surface area contributed by atoms with Crippen LogP contribution in [-0.2, 0) is 6.42 Å². The third-order valence-electron chi connectivity index (χ3n) is 5.42. The van der Waals surface area contributed by atoms with Crippen LogP contribution < -0.4 is 19.1 Å². The molecule has 5 heteroatoms. The molecule has 0 aliphatic carbocycles. The number of benzene rings is 2. The first-order valence-electron chi connectivity index (χ1n) is 10.5. The Balaban J connectivity index is 0.00000249. The van der Waals surface area contributed by atoms with Crippen LogP contribution in [0.5, 0.6) is 17.2 Å². The summed E-state index contributed by atoms with van der Waals surface area (Å²) in [6.45, 7) is 8.78. The number of allylic oxidation sites excluding steroid dienone is 1. The molecule has 0 amide bonds. The van der Waals surface area contributed by atoms with Gasteiger partial charge in [0.15, 0.2) is 11.5 Å². The lowest BCUT2D eigenvalue weighted by molar-refractivity contribution is 0.324. The van der Waals surface area contributed by atoms with Crippen molar-refractivity contribution < 1.29 is 14.2 Å². The average molecular weight is 455 g/mol. The highest BCUT2D eigenvalue weighted by molar-refractivity contribution is 5.56. The Hall–Kier alpha value is -3.10. The summed E-state index contributed by atoms with van der Waals surface area (Å²) in [5.74, 6) is 1.94. The zero-order valence-electron chi connectivity index (χ0n) is 19.0. The molecule has 0 saturated carbocycles. The van der Waals surface area contributed by atoms with Crippen LogP contribution in [0.3, 0.4) is 0 Å². The molecule has 33 heavy (non-hydrogen) atoms. The summed E-state index contributed by atoms with van der Waals surface area (Å²) in [6.07, 6.45) is 11.3. The van der Waals surface area contributed by atoms with E-state index in [0.29, 0.717) is 23.7 Å². The van der Waals surface area contributed by atoms with Crippen LogP contribution in [0.4, 0.5) is 5.69 Å². The Morgan fingerprint density at radius 3 is 1.97 bits per heavy atom. The number of methoxy groups -OCH3 is 3. The van der Waals surface area contributed by atoms with Crippen LogP contribution in [0, 0.1) is 12.8 Å². The molecule has 1 aliphatic heterocycles. The lowest BCUT2D eigenvalue weighted by Crippen LogP contribution is -2.33. The number of hydrogen-bond acceptors (Lipinski definition) is 5. The Morgan fingerprint density at radius 2 is 1.48 bits per heavy atom. The molecule has 0 unspecified atom stereocenters. The van der Waals surface area contributed by atoms with Crippen molar-refractivity contribution in [3.63, 3.8) is 0 Å². The molecule has 3 rings (SSSR count). The second-order valence-electron chi connectivity index (χ2n) is 7.31. The molecule has 0 bridgehead atoms. The van der Waals surface area contributed by atoms with Crippen molar-refractivity contribution in [3.05, 3.63) is 60.3 Å². The van der Waals surface area contributed by atoms with E-state index >= 15 is 0 Å². The number of hydrogen-bond donors (Lipinski definition) is 0. The van der Waals surface area contributed by atoms with Gasteiger partial charge in [-0.1, -0.05) is 39.6 Å². The van der Waals surface area contributed by atoms with E-state index in [1.54, 1.807) is 21.3 Å². The van der Waals surface area contributed by atoms with Gasteiger partial charge in [-0.3, -0.25) is 0 Å². The van der Waals surface area contributed by atoms with Crippen LogP contribution in [0.25, 0.3) is 0 Å².